The lowest BCUT2D eigenvalue weighted by Gasteiger charge is -2.14. The summed E-state index contributed by atoms with van der Waals surface area (Å²) in [5.41, 5.74) is 3.83. The van der Waals surface area contributed by atoms with E-state index in [4.69, 9.17) is 15.6 Å². The van der Waals surface area contributed by atoms with Crippen LogP contribution in [0.25, 0.3) is 22.0 Å². The van der Waals surface area contributed by atoms with E-state index >= 15 is 0 Å². The van der Waals surface area contributed by atoms with E-state index in [1.54, 1.807) is 23.0 Å². The van der Waals surface area contributed by atoms with E-state index in [0.29, 0.717) is 6.10 Å². The summed E-state index contributed by atoms with van der Waals surface area (Å²) in [5.74, 6) is 1.16. The predicted molar refractivity (Wildman–Crippen MR) is 123 cm³/mol. The third kappa shape index (κ3) is 3.87. The van der Waals surface area contributed by atoms with Crippen LogP contribution in [0, 0.1) is 10.8 Å². The number of hydrogen-bond donors (Lipinski definition) is 2. The number of benzene rings is 2. The molecule has 4 aromatic rings. The highest BCUT2D eigenvalue weighted by atomic mass is 16.5. The van der Waals surface area contributed by atoms with E-state index in [9.17, 15) is 0 Å². The van der Waals surface area contributed by atoms with E-state index < -0.39 is 0 Å². The maximum absolute atomic E-state index is 8.70. The van der Waals surface area contributed by atoms with E-state index in [0.717, 1.165) is 46.2 Å². The lowest BCUT2D eigenvalue weighted by Crippen LogP contribution is -2.26. The first-order chi connectivity index (χ1) is 15.2. The summed E-state index contributed by atoms with van der Waals surface area (Å²) in [6.45, 7) is 0. The van der Waals surface area contributed by atoms with Gasteiger partial charge in [-0.1, -0.05) is 30.3 Å². The first kappa shape index (κ1) is 19.2. The first-order valence-corrected chi connectivity index (χ1v) is 10.7. The summed E-state index contributed by atoms with van der Waals surface area (Å²) < 4.78 is 7.64. The molecule has 0 atom stereocenters. The van der Waals surface area contributed by atoms with Gasteiger partial charge in [0.05, 0.1) is 11.6 Å². The summed E-state index contributed by atoms with van der Waals surface area (Å²) in [4.78, 5) is 4.37. The SMILES string of the molecule is N=C(c1ccnc2ccccc12)n1ccc(-c2ccc(OC3CCCC3)cc2)cc1=N. The number of nitrogens with one attached hydrogen (secondary N) is 2. The number of para-hydroxylation sites is 1. The number of rotatable bonds is 4. The molecular weight excluding hydrogens is 384 g/mol. The average molecular weight is 409 g/mol. The Kier molecular flexibility index (Phi) is 5.08. The van der Waals surface area contributed by atoms with Crippen LogP contribution in [0.5, 0.6) is 5.75 Å². The molecule has 0 saturated heterocycles. The van der Waals surface area contributed by atoms with Gasteiger partial charge in [0.2, 0.25) is 0 Å². The molecule has 1 saturated carbocycles. The third-order valence-corrected chi connectivity index (χ3v) is 5.89. The number of ether oxygens (including phenoxy) is 1. The van der Waals surface area contributed by atoms with Crippen LogP contribution in [0.4, 0.5) is 0 Å². The van der Waals surface area contributed by atoms with E-state index in [2.05, 4.69) is 4.98 Å². The van der Waals surface area contributed by atoms with Crippen LogP contribution in [-0.4, -0.2) is 21.5 Å². The second-order valence-corrected chi connectivity index (χ2v) is 7.94. The van der Waals surface area contributed by atoms with Gasteiger partial charge in [-0.3, -0.25) is 20.4 Å². The molecule has 2 N–H and O–H groups in total. The second kappa shape index (κ2) is 8.19. The fourth-order valence-corrected chi connectivity index (χ4v) is 4.23. The third-order valence-electron chi connectivity index (χ3n) is 5.89. The van der Waals surface area contributed by atoms with Gasteiger partial charge in [-0.25, -0.2) is 0 Å². The van der Waals surface area contributed by atoms with Gasteiger partial charge in [-0.2, -0.15) is 0 Å². The van der Waals surface area contributed by atoms with Gasteiger partial charge in [0.15, 0.2) is 0 Å². The molecule has 2 aromatic heterocycles. The second-order valence-electron chi connectivity index (χ2n) is 7.94. The zero-order valence-corrected chi connectivity index (χ0v) is 17.2. The number of pyridine rings is 2. The predicted octanol–water partition coefficient (Wildman–Crippen LogP) is 5.38. The van der Waals surface area contributed by atoms with Crippen LogP contribution in [0.15, 0.2) is 79.1 Å². The van der Waals surface area contributed by atoms with Crippen LogP contribution in [0.1, 0.15) is 31.2 Å². The van der Waals surface area contributed by atoms with Crippen LogP contribution in [-0.2, 0) is 0 Å². The zero-order chi connectivity index (χ0) is 21.2. The quantitative estimate of drug-likeness (QED) is 0.351. The van der Waals surface area contributed by atoms with Crippen molar-refractivity contribution in [1.82, 2.24) is 9.55 Å². The van der Waals surface area contributed by atoms with Gasteiger partial charge in [-0.15, -0.1) is 0 Å². The average Bonchev–Trinajstić information content (AvgIpc) is 3.32. The Balaban J connectivity index is 1.41. The van der Waals surface area contributed by atoms with Gasteiger partial charge in [0, 0.05) is 23.3 Å². The molecule has 5 nitrogen and oxygen atoms in total. The number of nitrogens with zero attached hydrogens (tertiary/aromatic N) is 2. The fourth-order valence-electron chi connectivity index (χ4n) is 4.23. The minimum Gasteiger partial charge on any atom is -0.490 e. The molecule has 1 aliphatic carbocycles. The maximum Gasteiger partial charge on any atom is 0.138 e. The lowest BCUT2D eigenvalue weighted by molar-refractivity contribution is 0.210. The molecule has 0 amide bonds. The smallest absolute Gasteiger partial charge is 0.138 e. The minimum absolute atomic E-state index is 0.259. The number of aromatic nitrogens is 2. The molecule has 1 fully saturated rings. The van der Waals surface area contributed by atoms with Crippen molar-refractivity contribution in [1.29, 1.82) is 10.8 Å². The Bertz CT molecular complexity index is 1300. The molecule has 5 rings (SSSR count). The molecule has 2 aromatic carbocycles. The van der Waals surface area contributed by atoms with Crippen molar-refractivity contribution < 1.29 is 4.74 Å². The molecule has 0 aliphatic heterocycles. The molecule has 0 unspecified atom stereocenters. The molecule has 154 valence electrons. The van der Waals surface area contributed by atoms with E-state index in [1.807, 2.05) is 60.7 Å². The monoisotopic (exact) mass is 408 g/mol. The van der Waals surface area contributed by atoms with Crippen molar-refractivity contribution in [2.24, 2.45) is 0 Å². The van der Waals surface area contributed by atoms with Crippen molar-refractivity contribution in [2.75, 3.05) is 0 Å². The normalized spacial score (nSPS) is 14.1. The van der Waals surface area contributed by atoms with Gasteiger partial charge in [0.25, 0.3) is 0 Å². The summed E-state index contributed by atoms with van der Waals surface area (Å²) in [6.07, 6.45) is 8.63. The highest BCUT2D eigenvalue weighted by Crippen LogP contribution is 2.26. The van der Waals surface area contributed by atoms with Gasteiger partial charge >= 0.3 is 0 Å². The van der Waals surface area contributed by atoms with Crippen molar-refractivity contribution in [2.45, 2.75) is 31.8 Å². The van der Waals surface area contributed by atoms with Gasteiger partial charge < -0.3 is 4.74 Å². The lowest BCUT2D eigenvalue weighted by atomic mass is 10.1. The van der Waals surface area contributed by atoms with Gasteiger partial charge in [0.1, 0.15) is 17.1 Å². The topological polar surface area (TPSA) is 74.8 Å². The van der Waals surface area contributed by atoms with E-state index in [1.165, 1.54) is 12.8 Å². The summed E-state index contributed by atoms with van der Waals surface area (Å²) in [5, 5.41) is 18.1. The van der Waals surface area contributed by atoms with Crippen LogP contribution in [0.2, 0.25) is 0 Å². The number of hydrogen-bond acceptors (Lipinski definition) is 4. The molecule has 0 radical (unpaired) electrons. The summed E-state index contributed by atoms with van der Waals surface area (Å²) >= 11 is 0. The number of fused-ring (bicyclic) bond motifs is 1. The Labute approximate surface area is 181 Å². The Morgan fingerprint density at radius 1 is 0.935 bits per heavy atom. The molecule has 0 bridgehead atoms. The van der Waals surface area contributed by atoms with Crippen LogP contribution >= 0.6 is 0 Å². The first-order valence-electron chi connectivity index (χ1n) is 10.7. The highest BCUT2D eigenvalue weighted by Gasteiger charge is 2.16. The molecule has 1 aliphatic rings. The van der Waals surface area contributed by atoms with Crippen LogP contribution < -0.4 is 10.2 Å². The van der Waals surface area contributed by atoms with E-state index in [-0.39, 0.29) is 11.3 Å². The molecule has 31 heavy (non-hydrogen) atoms. The Morgan fingerprint density at radius 3 is 2.48 bits per heavy atom. The Hall–Kier alpha value is -3.73. The van der Waals surface area contributed by atoms with Crippen molar-refractivity contribution >= 4 is 16.7 Å². The molecule has 5 heteroatoms. The summed E-state index contributed by atoms with van der Waals surface area (Å²) in [6, 6.07) is 21.4. The van der Waals surface area contributed by atoms with Gasteiger partial charge in [-0.05, 0) is 73.2 Å². The highest BCUT2D eigenvalue weighted by molar-refractivity contribution is 6.08. The van der Waals surface area contributed by atoms with Crippen LogP contribution in [0.3, 0.4) is 0 Å². The molecule has 0 spiro atoms. The minimum atomic E-state index is 0.259. The molecular formula is C26H24N4O. The Morgan fingerprint density at radius 2 is 1.71 bits per heavy atom. The van der Waals surface area contributed by atoms with Crippen molar-refractivity contribution in [3.8, 4) is 16.9 Å². The summed E-state index contributed by atoms with van der Waals surface area (Å²) in [7, 11) is 0. The molecule has 2 heterocycles. The fraction of sp³-hybridized carbons (Fsp3) is 0.192. The zero-order valence-electron chi connectivity index (χ0n) is 17.2. The maximum atomic E-state index is 8.70. The van der Waals surface area contributed by atoms with Crippen molar-refractivity contribution in [3.63, 3.8) is 0 Å². The standard InChI is InChI=1S/C26H24N4O/c27-25-17-19(18-9-11-21(12-10-18)31-20-5-1-2-6-20)14-16-30(25)26(28)23-13-15-29-24-8-4-3-7-22(23)24/h3-4,7-17,20,27-28H,1-2,5-6H2. The van der Waals surface area contributed by atoms with Crippen molar-refractivity contribution in [3.05, 3.63) is 90.2 Å². The largest absolute Gasteiger partial charge is 0.490 e.